The predicted octanol–water partition coefficient (Wildman–Crippen LogP) is 2.38. The van der Waals surface area contributed by atoms with E-state index in [1.165, 1.54) is 32.6 Å². The Hall–Kier alpha value is -2.54. The Morgan fingerprint density at radius 3 is 2.45 bits per heavy atom. The second kappa shape index (κ2) is 6.95. The molecule has 7 heteroatoms. The summed E-state index contributed by atoms with van der Waals surface area (Å²) >= 11 is 1.27. The molecule has 0 aliphatic carbocycles. The highest BCUT2D eigenvalue weighted by molar-refractivity contribution is 7.14. The van der Waals surface area contributed by atoms with Gasteiger partial charge in [0.25, 0.3) is 11.8 Å². The van der Waals surface area contributed by atoms with Gasteiger partial charge in [0, 0.05) is 7.05 Å². The summed E-state index contributed by atoms with van der Waals surface area (Å²) in [5.41, 5.74) is 0.751. The second-order valence-electron chi connectivity index (χ2n) is 4.26. The molecule has 1 aromatic heterocycles. The lowest BCUT2D eigenvalue weighted by Crippen LogP contribution is -2.20. The summed E-state index contributed by atoms with van der Waals surface area (Å²) in [6, 6.07) is 6.60. The molecule has 0 radical (unpaired) electrons. The van der Waals surface area contributed by atoms with Crippen molar-refractivity contribution in [2.75, 3.05) is 26.6 Å². The monoisotopic (exact) mass is 320 g/mol. The Kier molecular flexibility index (Phi) is 5.00. The minimum absolute atomic E-state index is 0.255. The maximum absolute atomic E-state index is 12.5. The average molecular weight is 320 g/mol. The minimum Gasteiger partial charge on any atom is -0.497 e. The van der Waals surface area contributed by atoms with Crippen molar-refractivity contribution < 1.29 is 19.1 Å². The highest BCUT2D eigenvalue weighted by Gasteiger charge is 2.18. The molecule has 0 saturated heterocycles. The van der Waals surface area contributed by atoms with Crippen LogP contribution in [0.3, 0.4) is 0 Å². The predicted molar refractivity (Wildman–Crippen MR) is 85.2 cm³/mol. The van der Waals surface area contributed by atoms with Crippen LogP contribution in [0.2, 0.25) is 0 Å². The van der Waals surface area contributed by atoms with E-state index in [1.807, 2.05) is 0 Å². The number of ether oxygens (including phenoxy) is 2. The van der Waals surface area contributed by atoms with Crippen molar-refractivity contribution in [1.29, 1.82) is 0 Å². The number of anilines is 1. The first-order valence-electron chi connectivity index (χ1n) is 6.43. The molecule has 0 bridgehead atoms. The molecule has 116 valence electrons. The molecule has 0 fully saturated rings. The zero-order chi connectivity index (χ0) is 16.1. The van der Waals surface area contributed by atoms with Crippen LogP contribution in [0.15, 0.2) is 29.6 Å². The Bertz CT molecular complexity index is 697. The van der Waals surface area contributed by atoms with Gasteiger partial charge < -0.3 is 20.1 Å². The highest BCUT2D eigenvalue weighted by atomic mass is 32.1. The van der Waals surface area contributed by atoms with E-state index in [2.05, 4.69) is 10.6 Å². The number of nitrogens with one attached hydrogen (secondary N) is 2. The summed E-state index contributed by atoms with van der Waals surface area (Å²) in [5.74, 6) is 0.345. The lowest BCUT2D eigenvalue weighted by atomic mass is 10.1. The molecule has 0 atom stereocenters. The van der Waals surface area contributed by atoms with Crippen LogP contribution in [-0.4, -0.2) is 33.1 Å². The first-order chi connectivity index (χ1) is 10.6. The SMILES string of the molecule is CNC(=O)c1ccsc1NC(=O)c1cc(OC)ccc1OC. The van der Waals surface area contributed by atoms with E-state index >= 15 is 0 Å². The average Bonchev–Trinajstić information content (AvgIpc) is 3.01. The number of carbonyl (C=O) groups excluding carboxylic acids is 2. The van der Waals surface area contributed by atoms with Crippen molar-refractivity contribution in [3.8, 4) is 11.5 Å². The summed E-state index contributed by atoms with van der Waals surface area (Å²) in [6.07, 6.45) is 0. The van der Waals surface area contributed by atoms with Gasteiger partial charge in [-0.3, -0.25) is 9.59 Å². The van der Waals surface area contributed by atoms with Crippen LogP contribution >= 0.6 is 11.3 Å². The van der Waals surface area contributed by atoms with Gasteiger partial charge in [-0.2, -0.15) is 0 Å². The maximum atomic E-state index is 12.5. The molecule has 0 aliphatic heterocycles. The van der Waals surface area contributed by atoms with E-state index in [4.69, 9.17) is 9.47 Å². The van der Waals surface area contributed by atoms with E-state index in [9.17, 15) is 9.59 Å². The van der Waals surface area contributed by atoms with Gasteiger partial charge in [-0.15, -0.1) is 11.3 Å². The second-order valence-corrected chi connectivity index (χ2v) is 5.18. The van der Waals surface area contributed by atoms with Gasteiger partial charge in [0.2, 0.25) is 0 Å². The summed E-state index contributed by atoms with van der Waals surface area (Å²) in [6.45, 7) is 0. The van der Waals surface area contributed by atoms with E-state index in [0.717, 1.165) is 0 Å². The lowest BCUT2D eigenvalue weighted by molar-refractivity contribution is 0.0964. The van der Waals surface area contributed by atoms with Crippen molar-refractivity contribution in [1.82, 2.24) is 5.32 Å². The van der Waals surface area contributed by atoms with Gasteiger partial charge >= 0.3 is 0 Å². The molecule has 22 heavy (non-hydrogen) atoms. The number of rotatable bonds is 5. The van der Waals surface area contributed by atoms with Gasteiger partial charge in [0.1, 0.15) is 16.5 Å². The van der Waals surface area contributed by atoms with Crippen molar-refractivity contribution in [3.63, 3.8) is 0 Å². The third-order valence-corrected chi connectivity index (χ3v) is 3.85. The standard InChI is InChI=1S/C15H16N2O4S/c1-16-13(18)10-6-7-22-15(10)17-14(19)11-8-9(20-2)4-5-12(11)21-3/h4-8H,1-3H3,(H,16,18)(H,17,19). The number of benzene rings is 1. The van der Waals surface area contributed by atoms with Gasteiger partial charge in [0.15, 0.2) is 0 Å². The summed E-state index contributed by atoms with van der Waals surface area (Å²) < 4.78 is 10.3. The minimum atomic E-state index is -0.372. The van der Waals surface area contributed by atoms with Crippen molar-refractivity contribution in [2.45, 2.75) is 0 Å². The van der Waals surface area contributed by atoms with Crippen LogP contribution < -0.4 is 20.1 Å². The molecule has 2 N–H and O–H groups in total. The van der Waals surface area contributed by atoms with Crippen LogP contribution in [0.4, 0.5) is 5.00 Å². The van der Waals surface area contributed by atoms with E-state index in [0.29, 0.717) is 27.6 Å². The Morgan fingerprint density at radius 2 is 1.82 bits per heavy atom. The highest BCUT2D eigenvalue weighted by Crippen LogP contribution is 2.28. The molecule has 2 amide bonds. The third-order valence-electron chi connectivity index (χ3n) is 3.02. The van der Waals surface area contributed by atoms with E-state index in [-0.39, 0.29) is 11.8 Å². The lowest BCUT2D eigenvalue weighted by Gasteiger charge is -2.11. The molecule has 1 aromatic carbocycles. The maximum Gasteiger partial charge on any atom is 0.260 e. The largest absolute Gasteiger partial charge is 0.497 e. The quantitative estimate of drug-likeness (QED) is 0.887. The summed E-state index contributed by atoms with van der Waals surface area (Å²) in [4.78, 5) is 24.2. The van der Waals surface area contributed by atoms with Crippen LogP contribution in [-0.2, 0) is 0 Å². The Balaban J connectivity index is 2.30. The van der Waals surface area contributed by atoms with Crippen molar-refractivity contribution in [2.24, 2.45) is 0 Å². The molecule has 0 unspecified atom stereocenters. The van der Waals surface area contributed by atoms with Crippen molar-refractivity contribution >= 4 is 28.2 Å². The zero-order valence-electron chi connectivity index (χ0n) is 12.4. The number of carbonyl (C=O) groups is 2. The molecule has 1 heterocycles. The molecule has 2 aromatic rings. The van der Waals surface area contributed by atoms with Crippen LogP contribution in [0.5, 0.6) is 11.5 Å². The third kappa shape index (κ3) is 3.20. The number of thiophene rings is 1. The fourth-order valence-corrected chi connectivity index (χ4v) is 2.66. The number of amides is 2. The van der Waals surface area contributed by atoms with Crippen LogP contribution in [0.1, 0.15) is 20.7 Å². The van der Waals surface area contributed by atoms with E-state index in [1.54, 1.807) is 29.6 Å². The molecule has 2 rings (SSSR count). The molecular formula is C15H16N2O4S. The number of hydrogen-bond acceptors (Lipinski definition) is 5. The van der Waals surface area contributed by atoms with Crippen molar-refractivity contribution in [3.05, 3.63) is 40.8 Å². The van der Waals surface area contributed by atoms with E-state index < -0.39 is 0 Å². The Labute approximate surface area is 132 Å². The van der Waals surface area contributed by atoms with Gasteiger partial charge in [-0.1, -0.05) is 0 Å². The molecular weight excluding hydrogens is 304 g/mol. The molecule has 0 spiro atoms. The first-order valence-corrected chi connectivity index (χ1v) is 7.31. The van der Waals surface area contributed by atoms with Gasteiger partial charge in [0.05, 0.1) is 25.3 Å². The molecule has 0 aliphatic rings. The summed E-state index contributed by atoms with van der Waals surface area (Å²) in [7, 11) is 4.54. The number of hydrogen-bond donors (Lipinski definition) is 2. The topological polar surface area (TPSA) is 76.7 Å². The fraction of sp³-hybridized carbons (Fsp3) is 0.200. The zero-order valence-corrected chi connectivity index (χ0v) is 13.2. The number of methoxy groups -OCH3 is 2. The van der Waals surface area contributed by atoms with Crippen LogP contribution in [0.25, 0.3) is 0 Å². The normalized spacial score (nSPS) is 9.95. The first kappa shape index (κ1) is 15.8. The molecule has 6 nitrogen and oxygen atoms in total. The van der Waals surface area contributed by atoms with Gasteiger partial charge in [-0.05, 0) is 29.6 Å². The van der Waals surface area contributed by atoms with Crippen LogP contribution in [0, 0.1) is 0 Å². The van der Waals surface area contributed by atoms with Gasteiger partial charge in [-0.25, -0.2) is 0 Å². The smallest absolute Gasteiger partial charge is 0.260 e. The fourth-order valence-electron chi connectivity index (χ4n) is 1.88. The molecule has 0 saturated carbocycles. The summed E-state index contributed by atoms with van der Waals surface area (Å²) in [5, 5.41) is 7.48. The Morgan fingerprint density at radius 1 is 1.05 bits per heavy atom.